The molecule has 24 heavy (non-hydrogen) atoms. The monoisotopic (exact) mass is 314 g/mol. The van der Waals surface area contributed by atoms with Crippen LogP contribution in [0.2, 0.25) is 0 Å². The van der Waals surface area contributed by atoms with Crippen LogP contribution in [0.4, 0.5) is 0 Å². The molecule has 0 aliphatic rings. The fourth-order valence-corrected chi connectivity index (χ4v) is 3.00. The maximum atomic E-state index is 4.90. The molecule has 0 atom stereocenters. The highest BCUT2D eigenvalue weighted by Crippen LogP contribution is 2.33. The van der Waals surface area contributed by atoms with Gasteiger partial charge in [-0.25, -0.2) is 4.68 Å². The van der Waals surface area contributed by atoms with Crippen molar-refractivity contribution in [2.24, 2.45) is 7.05 Å². The Labute approximate surface area is 141 Å². The van der Waals surface area contributed by atoms with Crippen LogP contribution in [-0.2, 0) is 7.05 Å². The van der Waals surface area contributed by atoms with Crippen molar-refractivity contribution < 1.29 is 0 Å². The minimum Gasteiger partial charge on any atom is -0.275 e. The molecule has 0 bridgehead atoms. The number of aryl methyl sites for hydroxylation is 1. The quantitative estimate of drug-likeness (QED) is 0.567. The number of hydrogen-bond donors (Lipinski definition) is 0. The Morgan fingerprint density at radius 3 is 2.12 bits per heavy atom. The standard InChI is InChI=1S/C20H18N4/c1-15-19(17-13-21-23(2)14-17)22-24(18-11-7-4-8-12-18)20(15)16-9-5-3-6-10-16/h3-14H,1-2H3. The predicted molar refractivity (Wildman–Crippen MR) is 95.9 cm³/mol. The summed E-state index contributed by atoms with van der Waals surface area (Å²) in [7, 11) is 1.92. The van der Waals surface area contributed by atoms with Crippen molar-refractivity contribution in [1.29, 1.82) is 0 Å². The lowest BCUT2D eigenvalue weighted by atomic mass is 10.0. The van der Waals surface area contributed by atoms with E-state index in [4.69, 9.17) is 5.10 Å². The molecule has 4 rings (SSSR count). The summed E-state index contributed by atoms with van der Waals surface area (Å²) in [5.41, 5.74) is 6.46. The van der Waals surface area contributed by atoms with Crippen LogP contribution in [0.15, 0.2) is 73.1 Å². The summed E-state index contributed by atoms with van der Waals surface area (Å²) in [4.78, 5) is 0. The van der Waals surface area contributed by atoms with Crippen molar-refractivity contribution in [3.05, 3.63) is 78.6 Å². The highest BCUT2D eigenvalue weighted by Gasteiger charge is 2.19. The van der Waals surface area contributed by atoms with Crippen molar-refractivity contribution in [2.75, 3.05) is 0 Å². The highest BCUT2D eigenvalue weighted by molar-refractivity contribution is 5.75. The average molecular weight is 314 g/mol. The van der Waals surface area contributed by atoms with Gasteiger partial charge in [-0.05, 0) is 19.1 Å². The smallest absolute Gasteiger partial charge is 0.0994 e. The first-order chi connectivity index (χ1) is 11.7. The van der Waals surface area contributed by atoms with Gasteiger partial charge >= 0.3 is 0 Å². The van der Waals surface area contributed by atoms with E-state index in [1.165, 1.54) is 0 Å². The Morgan fingerprint density at radius 2 is 1.50 bits per heavy atom. The lowest BCUT2D eigenvalue weighted by molar-refractivity contribution is 0.768. The predicted octanol–water partition coefficient (Wildman–Crippen LogP) is 4.25. The molecule has 0 fully saturated rings. The molecule has 2 aromatic carbocycles. The molecule has 0 unspecified atom stereocenters. The van der Waals surface area contributed by atoms with E-state index in [1.54, 1.807) is 4.68 Å². The summed E-state index contributed by atoms with van der Waals surface area (Å²) in [6.07, 6.45) is 3.86. The summed E-state index contributed by atoms with van der Waals surface area (Å²) in [6.45, 7) is 2.12. The second-order valence-corrected chi connectivity index (χ2v) is 5.84. The van der Waals surface area contributed by atoms with Crippen molar-refractivity contribution in [3.63, 3.8) is 0 Å². The normalized spacial score (nSPS) is 10.9. The minimum absolute atomic E-state index is 0.964. The zero-order chi connectivity index (χ0) is 16.5. The van der Waals surface area contributed by atoms with Crippen molar-refractivity contribution in [3.8, 4) is 28.2 Å². The number of aromatic nitrogens is 4. The van der Waals surface area contributed by atoms with Crippen LogP contribution >= 0.6 is 0 Å². The zero-order valence-corrected chi connectivity index (χ0v) is 13.7. The van der Waals surface area contributed by atoms with Crippen molar-refractivity contribution in [2.45, 2.75) is 6.92 Å². The third-order valence-electron chi connectivity index (χ3n) is 4.15. The molecule has 4 aromatic rings. The van der Waals surface area contributed by atoms with Crippen LogP contribution < -0.4 is 0 Å². The number of nitrogens with zero attached hydrogens (tertiary/aromatic N) is 4. The summed E-state index contributed by atoms with van der Waals surface area (Å²) < 4.78 is 3.82. The highest BCUT2D eigenvalue weighted by atomic mass is 15.3. The summed E-state index contributed by atoms with van der Waals surface area (Å²) >= 11 is 0. The van der Waals surface area contributed by atoms with Gasteiger partial charge in [0.15, 0.2) is 0 Å². The molecule has 0 aliphatic heterocycles. The largest absolute Gasteiger partial charge is 0.275 e. The van der Waals surface area contributed by atoms with Gasteiger partial charge in [-0.1, -0.05) is 48.5 Å². The van der Waals surface area contributed by atoms with Crippen molar-refractivity contribution >= 4 is 0 Å². The molecule has 0 amide bonds. The van der Waals surface area contributed by atoms with Gasteiger partial charge in [0.05, 0.1) is 23.3 Å². The Bertz CT molecular complexity index is 966. The van der Waals surface area contributed by atoms with E-state index in [0.29, 0.717) is 0 Å². The minimum atomic E-state index is 0.964. The van der Waals surface area contributed by atoms with Gasteiger partial charge < -0.3 is 0 Å². The maximum Gasteiger partial charge on any atom is 0.0994 e. The van der Waals surface area contributed by atoms with E-state index in [1.807, 2.05) is 48.4 Å². The Kier molecular flexibility index (Phi) is 3.50. The van der Waals surface area contributed by atoms with Crippen LogP contribution in [0.3, 0.4) is 0 Å². The molecular formula is C20H18N4. The van der Waals surface area contributed by atoms with Gasteiger partial charge in [0.2, 0.25) is 0 Å². The first-order valence-corrected chi connectivity index (χ1v) is 7.93. The van der Waals surface area contributed by atoms with E-state index < -0.39 is 0 Å². The van der Waals surface area contributed by atoms with Gasteiger partial charge in [-0.15, -0.1) is 0 Å². The van der Waals surface area contributed by atoms with Gasteiger partial charge in [-0.2, -0.15) is 10.2 Å². The first-order valence-electron chi connectivity index (χ1n) is 7.93. The molecule has 0 spiro atoms. The summed E-state index contributed by atoms with van der Waals surface area (Å²) in [5, 5.41) is 9.19. The van der Waals surface area contributed by atoms with Crippen LogP contribution in [0, 0.1) is 6.92 Å². The van der Waals surface area contributed by atoms with Crippen LogP contribution in [-0.4, -0.2) is 19.6 Å². The second kappa shape index (κ2) is 5.81. The van der Waals surface area contributed by atoms with Gasteiger partial charge in [-0.3, -0.25) is 4.68 Å². The molecule has 0 N–H and O–H groups in total. The van der Waals surface area contributed by atoms with E-state index in [-0.39, 0.29) is 0 Å². The number of benzene rings is 2. The van der Waals surface area contributed by atoms with E-state index in [0.717, 1.165) is 33.8 Å². The molecule has 2 aromatic heterocycles. The molecule has 0 radical (unpaired) electrons. The van der Waals surface area contributed by atoms with E-state index in [2.05, 4.69) is 48.4 Å². The van der Waals surface area contributed by atoms with E-state index in [9.17, 15) is 0 Å². The van der Waals surface area contributed by atoms with Gasteiger partial charge in [0.25, 0.3) is 0 Å². The van der Waals surface area contributed by atoms with Gasteiger partial charge in [0, 0.05) is 29.9 Å². The van der Waals surface area contributed by atoms with Gasteiger partial charge in [0.1, 0.15) is 0 Å². The molecular weight excluding hydrogens is 296 g/mol. The Balaban J connectivity index is 1.98. The maximum absolute atomic E-state index is 4.90. The van der Waals surface area contributed by atoms with E-state index >= 15 is 0 Å². The SMILES string of the molecule is Cc1c(-c2cnn(C)c2)nn(-c2ccccc2)c1-c1ccccc1. The molecule has 0 saturated carbocycles. The Hall–Kier alpha value is -3.14. The van der Waals surface area contributed by atoms with Crippen LogP contribution in [0.1, 0.15) is 5.56 Å². The Morgan fingerprint density at radius 1 is 0.833 bits per heavy atom. The molecule has 0 aliphatic carbocycles. The lowest BCUT2D eigenvalue weighted by Crippen LogP contribution is -1.99. The number of rotatable bonds is 3. The molecule has 4 nitrogen and oxygen atoms in total. The third-order valence-corrected chi connectivity index (χ3v) is 4.15. The zero-order valence-electron chi connectivity index (χ0n) is 13.7. The second-order valence-electron chi connectivity index (χ2n) is 5.84. The average Bonchev–Trinajstić information content (AvgIpc) is 3.20. The van der Waals surface area contributed by atoms with Crippen LogP contribution in [0.25, 0.3) is 28.2 Å². The molecule has 118 valence electrons. The van der Waals surface area contributed by atoms with Crippen LogP contribution in [0.5, 0.6) is 0 Å². The van der Waals surface area contributed by atoms with Crippen molar-refractivity contribution in [1.82, 2.24) is 19.6 Å². The summed E-state index contributed by atoms with van der Waals surface area (Å²) in [6, 6.07) is 20.6. The third kappa shape index (κ3) is 2.42. The fraction of sp³-hybridized carbons (Fsp3) is 0.100. The fourth-order valence-electron chi connectivity index (χ4n) is 3.00. The molecule has 0 saturated heterocycles. The topological polar surface area (TPSA) is 35.6 Å². The lowest BCUT2D eigenvalue weighted by Gasteiger charge is -2.08. The summed E-state index contributed by atoms with van der Waals surface area (Å²) in [5.74, 6) is 0. The first kappa shape index (κ1) is 14.5. The molecule has 2 heterocycles. The molecule has 4 heteroatoms. The number of hydrogen-bond acceptors (Lipinski definition) is 2. The number of para-hydroxylation sites is 1.